The molecule has 156 valence electrons. The second-order valence-electron chi connectivity index (χ2n) is 6.99. The normalized spacial score (nSPS) is 17.4. The van der Waals surface area contributed by atoms with Gasteiger partial charge in [-0.2, -0.15) is 0 Å². The zero-order valence-electron chi connectivity index (χ0n) is 16.9. The van der Waals surface area contributed by atoms with Crippen LogP contribution >= 0.6 is 23.9 Å². The van der Waals surface area contributed by atoms with E-state index in [0.29, 0.717) is 12.2 Å². The van der Waals surface area contributed by atoms with Gasteiger partial charge in [0.05, 0.1) is 5.92 Å². The number of piperidine rings is 1. The number of halogens is 1. The maximum absolute atomic E-state index is 13.0. The molecule has 1 amide bonds. The van der Waals surface area contributed by atoms with Gasteiger partial charge in [-0.25, -0.2) is 13.0 Å². The quantitative estimate of drug-likeness (QED) is 0.554. The highest BCUT2D eigenvalue weighted by molar-refractivity contribution is 7.97. The summed E-state index contributed by atoms with van der Waals surface area (Å²) in [6.07, 6.45) is 1.87. The van der Waals surface area contributed by atoms with Gasteiger partial charge in [-0.1, -0.05) is 13.8 Å². The minimum absolute atomic E-state index is 0.00730. The van der Waals surface area contributed by atoms with E-state index in [4.69, 9.17) is 0 Å². The second-order valence-corrected chi connectivity index (χ2v) is 9.33. The van der Waals surface area contributed by atoms with Crippen LogP contribution in [0.3, 0.4) is 0 Å². The van der Waals surface area contributed by atoms with Crippen LogP contribution in [0.5, 0.6) is 0 Å². The predicted molar refractivity (Wildman–Crippen MR) is 120 cm³/mol. The van der Waals surface area contributed by atoms with E-state index in [1.807, 2.05) is 0 Å². The summed E-state index contributed by atoms with van der Waals surface area (Å²) >= 11 is 3.50. The first-order valence-corrected chi connectivity index (χ1v) is 11.6. The Labute approximate surface area is 181 Å². The van der Waals surface area contributed by atoms with Crippen LogP contribution in [0.1, 0.15) is 26.7 Å². The Morgan fingerprint density at radius 2 is 1.76 bits per heavy atom. The molecule has 1 heterocycles. The van der Waals surface area contributed by atoms with E-state index in [1.165, 1.54) is 21.9 Å². The molecule has 1 atom stereocenters. The highest BCUT2D eigenvalue weighted by Gasteiger charge is 2.26. The molecular formula is C22H28FN3OS2. The third kappa shape index (κ3) is 6.74. The molecule has 3 rings (SSSR count). The lowest BCUT2D eigenvalue weighted by molar-refractivity contribution is -0.120. The standard InChI is InChI=1S/C22H28FN3OS2/c1-3-25(4-2)28-20-11-13-21(14-12-20)29-26-15-5-6-17(16-26)22(27)24-19-9-7-18(23)8-10-19/h7-14,17H,3-6,15-16H2,1-2H3,(H,24,27). The van der Waals surface area contributed by atoms with Crippen LogP contribution in [0, 0.1) is 11.7 Å². The van der Waals surface area contributed by atoms with E-state index in [2.05, 4.69) is 52.0 Å². The lowest BCUT2D eigenvalue weighted by atomic mass is 9.99. The van der Waals surface area contributed by atoms with E-state index in [0.717, 1.165) is 32.5 Å². The molecule has 2 aromatic rings. The van der Waals surface area contributed by atoms with Gasteiger partial charge in [-0.15, -0.1) is 0 Å². The van der Waals surface area contributed by atoms with Crippen LogP contribution in [0.4, 0.5) is 10.1 Å². The molecule has 4 nitrogen and oxygen atoms in total. The minimum atomic E-state index is -0.301. The third-order valence-electron chi connectivity index (χ3n) is 4.86. The van der Waals surface area contributed by atoms with Crippen LogP contribution < -0.4 is 5.32 Å². The van der Waals surface area contributed by atoms with Crippen molar-refractivity contribution in [1.29, 1.82) is 0 Å². The number of rotatable bonds is 8. The smallest absolute Gasteiger partial charge is 0.228 e. The zero-order valence-corrected chi connectivity index (χ0v) is 18.6. The molecule has 7 heteroatoms. The van der Waals surface area contributed by atoms with Gasteiger partial charge in [0.2, 0.25) is 5.91 Å². The van der Waals surface area contributed by atoms with Crippen molar-refractivity contribution in [2.75, 3.05) is 31.5 Å². The highest BCUT2D eigenvalue weighted by atomic mass is 32.2. The average Bonchev–Trinajstić information content (AvgIpc) is 2.75. The summed E-state index contributed by atoms with van der Waals surface area (Å²) < 4.78 is 17.6. The molecule has 1 aliphatic rings. The molecule has 2 aromatic carbocycles. The van der Waals surface area contributed by atoms with Gasteiger partial charge in [0.1, 0.15) is 5.82 Å². The number of carbonyl (C=O) groups excluding carboxylic acids is 1. The van der Waals surface area contributed by atoms with E-state index < -0.39 is 0 Å². The zero-order chi connectivity index (χ0) is 20.6. The van der Waals surface area contributed by atoms with Gasteiger partial charge in [0.25, 0.3) is 0 Å². The Kier molecular flexibility index (Phi) is 8.41. The number of anilines is 1. The first-order chi connectivity index (χ1) is 14.1. The summed E-state index contributed by atoms with van der Waals surface area (Å²) in [5.74, 6) is -0.351. The van der Waals surface area contributed by atoms with E-state index in [1.54, 1.807) is 36.0 Å². The van der Waals surface area contributed by atoms with Crippen LogP contribution in [-0.2, 0) is 4.79 Å². The first kappa shape index (κ1) is 22.2. The monoisotopic (exact) mass is 433 g/mol. The summed E-state index contributed by atoms with van der Waals surface area (Å²) in [5.41, 5.74) is 0.641. The van der Waals surface area contributed by atoms with Gasteiger partial charge in [0, 0.05) is 41.7 Å². The molecule has 0 bridgehead atoms. The minimum Gasteiger partial charge on any atom is -0.326 e. The summed E-state index contributed by atoms with van der Waals surface area (Å²) in [7, 11) is 0. The average molecular weight is 434 g/mol. The van der Waals surface area contributed by atoms with Crippen LogP contribution in [0.15, 0.2) is 58.3 Å². The summed E-state index contributed by atoms with van der Waals surface area (Å²) in [6, 6.07) is 14.5. The van der Waals surface area contributed by atoms with Crippen molar-refractivity contribution in [3.63, 3.8) is 0 Å². The molecule has 1 aliphatic heterocycles. The first-order valence-electron chi connectivity index (χ1n) is 10.1. The van der Waals surface area contributed by atoms with Crippen molar-refractivity contribution in [3.05, 3.63) is 54.3 Å². The number of hydrogen-bond donors (Lipinski definition) is 1. The molecule has 0 radical (unpaired) electrons. The Morgan fingerprint density at radius 1 is 1.10 bits per heavy atom. The Morgan fingerprint density at radius 3 is 2.41 bits per heavy atom. The van der Waals surface area contributed by atoms with Gasteiger partial charge in [0.15, 0.2) is 0 Å². The maximum atomic E-state index is 13.0. The number of carbonyl (C=O) groups is 1. The highest BCUT2D eigenvalue weighted by Crippen LogP contribution is 2.31. The van der Waals surface area contributed by atoms with Crippen molar-refractivity contribution in [1.82, 2.24) is 8.61 Å². The molecule has 0 spiro atoms. The van der Waals surface area contributed by atoms with Gasteiger partial charge < -0.3 is 5.32 Å². The summed E-state index contributed by atoms with van der Waals surface area (Å²) in [5, 5.41) is 2.91. The Bertz CT molecular complexity index is 782. The number of amides is 1. The number of hydrogen-bond acceptors (Lipinski definition) is 5. The van der Waals surface area contributed by atoms with Crippen LogP contribution in [0.2, 0.25) is 0 Å². The summed E-state index contributed by atoms with van der Waals surface area (Å²) in [4.78, 5) is 15.0. The van der Waals surface area contributed by atoms with Crippen molar-refractivity contribution in [2.24, 2.45) is 5.92 Å². The van der Waals surface area contributed by atoms with E-state index in [9.17, 15) is 9.18 Å². The van der Waals surface area contributed by atoms with E-state index in [-0.39, 0.29) is 17.6 Å². The van der Waals surface area contributed by atoms with Crippen molar-refractivity contribution >= 4 is 35.5 Å². The number of benzene rings is 2. The van der Waals surface area contributed by atoms with Crippen molar-refractivity contribution in [3.8, 4) is 0 Å². The predicted octanol–water partition coefficient (Wildman–Crippen LogP) is 5.53. The molecule has 1 N–H and O–H groups in total. The number of nitrogens with one attached hydrogen (secondary N) is 1. The molecule has 0 saturated carbocycles. The molecule has 1 saturated heterocycles. The van der Waals surface area contributed by atoms with Crippen molar-refractivity contribution < 1.29 is 9.18 Å². The lowest BCUT2D eigenvalue weighted by Gasteiger charge is -2.31. The fourth-order valence-corrected chi connectivity index (χ4v) is 5.07. The van der Waals surface area contributed by atoms with Crippen LogP contribution in [-0.4, -0.2) is 40.7 Å². The van der Waals surface area contributed by atoms with Gasteiger partial charge in [-0.3, -0.25) is 4.79 Å². The fourth-order valence-electron chi connectivity index (χ4n) is 3.23. The largest absolute Gasteiger partial charge is 0.326 e. The lowest BCUT2D eigenvalue weighted by Crippen LogP contribution is -2.37. The maximum Gasteiger partial charge on any atom is 0.228 e. The number of nitrogens with zero attached hydrogens (tertiary/aromatic N) is 2. The Hall–Kier alpha value is -1.54. The molecule has 0 aromatic heterocycles. The fraction of sp³-hybridized carbons (Fsp3) is 0.409. The Balaban J connectivity index is 1.52. The second kappa shape index (κ2) is 11.0. The SMILES string of the molecule is CCN(CC)Sc1ccc(SN2CCCC(C(=O)Nc3ccc(F)cc3)C2)cc1. The van der Waals surface area contributed by atoms with E-state index >= 15 is 0 Å². The summed E-state index contributed by atoms with van der Waals surface area (Å²) in [6.45, 7) is 8.06. The van der Waals surface area contributed by atoms with Crippen molar-refractivity contribution in [2.45, 2.75) is 36.5 Å². The van der Waals surface area contributed by atoms with Gasteiger partial charge in [-0.05, 0) is 85.3 Å². The molecule has 1 unspecified atom stereocenters. The topological polar surface area (TPSA) is 35.6 Å². The molecular weight excluding hydrogens is 405 g/mol. The molecule has 29 heavy (non-hydrogen) atoms. The molecule has 1 fully saturated rings. The third-order valence-corrected chi connectivity index (χ3v) is 7.20. The van der Waals surface area contributed by atoms with Gasteiger partial charge >= 0.3 is 0 Å². The molecule has 0 aliphatic carbocycles. The van der Waals surface area contributed by atoms with Crippen LogP contribution in [0.25, 0.3) is 0 Å².